The largest absolute Gasteiger partial charge is 0.377 e. The zero-order chi connectivity index (χ0) is 8.53. The van der Waals surface area contributed by atoms with Crippen LogP contribution in [0.3, 0.4) is 0 Å². The Morgan fingerprint density at radius 3 is 2.91 bits per heavy atom. The molecular weight excluding hydrogens is 142 g/mol. The third-order valence-corrected chi connectivity index (χ3v) is 1.14. The quantitative estimate of drug-likeness (QED) is 0.459. The van der Waals surface area contributed by atoms with Crippen LogP contribution in [0, 0.1) is 0 Å². The number of nitrogens with two attached hydrogens (primary N) is 1. The van der Waals surface area contributed by atoms with Crippen LogP contribution < -0.4 is 5.73 Å². The summed E-state index contributed by atoms with van der Waals surface area (Å²) in [6.45, 7) is 3.32. The second-order valence-electron chi connectivity index (χ2n) is 2.23. The molecule has 0 aliphatic heterocycles. The van der Waals surface area contributed by atoms with Gasteiger partial charge >= 0.3 is 0 Å². The van der Waals surface area contributed by atoms with Crippen molar-refractivity contribution in [2.45, 2.75) is 19.8 Å². The summed E-state index contributed by atoms with van der Waals surface area (Å²) in [4.78, 5) is 10.2. The molecule has 0 aromatic rings. The van der Waals surface area contributed by atoms with E-state index in [1.807, 2.05) is 0 Å². The van der Waals surface area contributed by atoms with Crippen LogP contribution in [-0.4, -0.2) is 19.1 Å². The van der Waals surface area contributed by atoms with Crippen LogP contribution in [0.25, 0.3) is 0 Å². The molecule has 0 aromatic heterocycles. The Labute approximate surface area is 67.2 Å². The van der Waals surface area contributed by atoms with Crippen molar-refractivity contribution in [3.63, 3.8) is 0 Å². The summed E-state index contributed by atoms with van der Waals surface area (Å²) in [6.07, 6.45) is 5.12. The molecule has 0 bridgehead atoms. The molecule has 0 atom stereocenters. The summed E-state index contributed by atoms with van der Waals surface area (Å²) in [5, 5.41) is 0. The maximum atomic E-state index is 10.2. The standard InChI is InChI=1S/C8H15NO2/c1-2-3-6-11-7-4-5-8(9)10/h4-5H,2-3,6-7H2,1H3,(H2,9,10). The first-order chi connectivity index (χ1) is 5.27. The number of ether oxygens (including phenoxy) is 1. The van der Waals surface area contributed by atoms with Crippen LogP contribution in [0.2, 0.25) is 0 Å². The lowest BCUT2D eigenvalue weighted by Crippen LogP contribution is -2.06. The van der Waals surface area contributed by atoms with Crippen molar-refractivity contribution in [1.82, 2.24) is 0 Å². The van der Waals surface area contributed by atoms with Crippen molar-refractivity contribution in [2.75, 3.05) is 13.2 Å². The molecule has 0 saturated carbocycles. The average Bonchev–Trinajstić information content (AvgIpc) is 1.96. The van der Waals surface area contributed by atoms with Gasteiger partial charge in [-0.3, -0.25) is 4.79 Å². The molecule has 0 spiro atoms. The summed E-state index contributed by atoms with van der Waals surface area (Å²) in [5.74, 6) is -0.427. The van der Waals surface area contributed by atoms with Gasteiger partial charge in [0.2, 0.25) is 5.91 Å². The summed E-state index contributed by atoms with van der Waals surface area (Å²) in [5.41, 5.74) is 4.85. The van der Waals surface area contributed by atoms with Gasteiger partial charge in [-0.15, -0.1) is 0 Å². The van der Waals surface area contributed by atoms with Gasteiger partial charge in [0.1, 0.15) is 0 Å². The summed E-state index contributed by atoms with van der Waals surface area (Å²) in [7, 11) is 0. The normalized spacial score (nSPS) is 10.6. The van der Waals surface area contributed by atoms with Crippen molar-refractivity contribution < 1.29 is 9.53 Å². The zero-order valence-electron chi connectivity index (χ0n) is 6.88. The van der Waals surface area contributed by atoms with E-state index in [0.717, 1.165) is 19.4 Å². The lowest BCUT2D eigenvalue weighted by atomic mass is 10.4. The molecule has 0 radical (unpaired) electrons. The molecule has 0 unspecified atom stereocenters. The third kappa shape index (κ3) is 9.17. The van der Waals surface area contributed by atoms with Gasteiger partial charge in [0.05, 0.1) is 6.61 Å². The van der Waals surface area contributed by atoms with Crippen molar-refractivity contribution >= 4 is 5.91 Å². The van der Waals surface area contributed by atoms with Crippen molar-refractivity contribution in [1.29, 1.82) is 0 Å². The fourth-order valence-corrected chi connectivity index (χ4v) is 0.562. The van der Waals surface area contributed by atoms with E-state index in [0.29, 0.717) is 6.61 Å². The van der Waals surface area contributed by atoms with Gasteiger partial charge in [-0.2, -0.15) is 0 Å². The highest BCUT2D eigenvalue weighted by molar-refractivity contribution is 5.85. The Bertz CT molecular complexity index is 132. The molecule has 0 heterocycles. The predicted octanol–water partition coefficient (Wildman–Crippen LogP) is 0.845. The van der Waals surface area contributed by atoms with Gasteiger partial charge in [-0.25, -0.2) is 0 Å². The van der Waals surface area contributed by atoms with Gasteiger partial charge in [-0.1, -0.05) is 19.4 Å². The number of primary amides is 1. The van der Waals surface area contributed by atoms with Gasteiger partial charge in [0, 0.05) is 12.7 Å². The number of amides is 1. The van der Waals surface area contributed by atoms with Gasteiger partial charge in [0.15, 0.2) is 0 Å². The van der Waals surface area contributed by atoms with E-state index >= 15 is 0 Å². The summed E-state index contributed by atoms with van der Waals surface area (Å²) < 4.78 is 5.13. The maximum absolute atomic E-state index is 10.2. The van der Waals surface area contributed by atoms with Crippen LogP contribution in [0.1, 0.15) is 19.8 Å². The van der Waals surface area contributed by atoms with Gasteiger partial charge in [0.25, 0.3) is 0 Å². The molecule has 0 aromatic carbocycles. The fraction of sp³-hybridized carbons (Fsp3) is 0.625. The smallest absolute Gasteiger partial charge is 0.241 e. The van der Waals surface area contributed by atoms with Crippen LogP contribution in [0.4, 0.5) is 0 Å². The third-order valence-electron chi connectivity index (χ3n) is 1.14. The molecule has 3 heteroatoms. The molecule has 0 aliphatic carbocycles. The maximum Gasteiger partial charge on any atom is 0.241 e. The lowest BCUT2D eigenvalue weighted by molar-refractivity contribution is -0.113. The van der Waals surface area contributed by atoms with E-state index in [9.17, 15) is 4.79 Å². The Morgan fingerprint density at radius 1 is 1.64 bits per heavy atom. The highest BCUT2D eigenvalue weighted by Gasteiger charge is 1.84. The number of rotatable bonds is 6. The molecule has 0 aliphatic rings. The van der Waals surface area contributed by atoms with Gasteiger partial charge in [-0.05, 0) is 6.42 Å². The molecule has 2 N–H and O–H groups in total. The number of carbonyl (C=O) groups is 1. The molecule has 0 rings (SSSR count). The second kappa shape index (κ2) is 7.28. The Hall–Kier alpha value is -0.830. The van der Waals surface area contributed by atoms with Crippen LogP contribution >= 0.6 is 0 Å². The summed E-state index contributed by atoms with van der Waals surface area (Å²) >= 11 is 0. The van der Waals surface area contributed by atoms with E-state index in [1.54, 1.807) is 6.08 Å². The topological polar surface area (TPSA) is 52.3 Å². The Morgan fingerprint density at radius 2 is 2.36 bits per heavy atom. The van der Waals surface area contributed by atoms with Crippen LogP contribution in [0.5, 0.6) is 0 Å². The first-order valence-electron chi connectivity index (χ1n) is 3.81. The van der Waals surface area contributed by atoms with Crippen molar-refractivity contribution in [3.05, 3.63) is 12.2 Å². The highest BCUT2D eigenvalue weighted by Crippen LogP contribution is 1.87. The van der Waals surface area contributed by atoms with Crippen LogP contribution in [-0.2, 0) is 9.53 Å². The first-order valence-corrected chi connectivity index (χ1v) is 3.81. The molecule has 64 valence electrons. The zero-order valence-corrected chi connectivity index (χ0v) is 6.88. The lowest BCUT2D eigenvalue weighted by Gasteiger charge is -1.96. The van der Waals surface area contributed by atoms with E-state index in [-0.39, 0.29) is 0 Å². The van der Waals surface area contributed by atoms with E-state index < -0.39 is 5.91 Å². The fourth-order valence-electron chi connectivity index (χ4n) is 0.562. The minimum atomic E-state index is -0.427. The second-order valence-corrected chi connectivity index (χ2v) is 2.23. The highest BCUT2D eigenvalue weighted by atomic mass is 16.5. The van der Waals surface area contributed by atoms with Gasteiger partial charge < -0.3 is 10.5 Å². The number of hydrogen-bond donors (Lipinski definition) is 1. The van der Waals surface area contributed by atoms with E-state index in [4.69, 9.17) is 10.5 Å². The summed E-state index contributed by atoms with van der Waals surface area (Å²) in [6, 6.07) is 0. The molecule has 0 saturated heterocycles. The molecule has 3 nitrogen and oxygen atoms in total. The molecule has 1 amide bonds. The minimum absolute atomic E-state index is 0.427. The average molecular weight is 157 g/mol. The molecule has 11 heavy (non-hydrogen) atoms. The Balaban J connectivity index is 3.07. The number of hydrogen-bond acceptors (Lipinski definition) is 2. The predicted molar refractivity (Wildman–Crippen MR) is 44.1 cm³/mol. The number of unbranched alkanes of at least 4 members (excludes halogenated alkanes) is 1. The number of carbonyl (C=O) groups excluding carboxylic acids is 1. The van der Waals surface area contributed by atoms with Crippen molar-refractivity contribution in [2.24, 2.45) is 5.73 Å². The van der Waals surface area contributed by atoms with E-state index in [1.165, 1.54) is 6.08 Å². The SMILES string of the molecule is CCCCOCC=CC(N)=O. The minimum Gasteiger partial charge on any atom is -0.377 e. The monoisotopic (exact) mass is 157 g/mol. The molecular formula is C8H15NO2. The van der Waals surface area contributed by atoms with Crippen LogP contribution in [0.15, 0.2) is 12.2 Å². The van der Waals surface area contributed by atoms with Crippen molar-refractivity contribution in [3.8, 4) is 0 Å². The van der Waals surface area contributed by atoms with E-state index in [2.05, 4.69) is 6.92 Å². The Kier molecular flexibility index (Phi) is 6.73. The first kappa shape index (κ1) is 10.2. The molecule has 0 fully saturated rings.